The Kier molecular flexibility index (Phi) is 7.08. The van der Waals surface area contributed by atoms with Gasteiger partial charge in [0.05, 0.1) is 7.11 Å². The van der Waals surface area contributed by atoms with Crippen molar-refractivity contribution in [1.82, 2.24) is 30.4 Å². The number of hydrogen-bond acceptors (Lipinski definition) is 6. The number of nitrogens with zero attached hydrogens (tertiary/aromatic N) is 5. The molecule has 0 bridgehead atoms. The molecule has 2 heterocycles. The lowest BCUT2D eigenvalue weighted by Gasteiger charge is -2.44. The number of benzene rings is 2. The zero-order valence-electron chi connectivity index (χ0n) is 20.6. The highest BCUT2D eigenvalue weighted by Gasteiger charge is 2.32. The van der Waals surface area contributed by atoms with Crippen LogP contribution in [-0.4, -0.2) is 75.2 Å². The number of likely N-dealkylation sites (tertiary alicyclic amines) is 1. The maximum Gasteiger partial charge on any atom is 0.253 e. The lowest BCUT2D eigenvalue weighted by Crippen LogP contribution is -2.51. The minimum atomic E-state index is 0.101. The van der Waals surface area contributed by atoms with Gasteiger partial charge in [0.1, 0.15) is 5.75 Å². The summed E-state index contributed by atoms with van der Waals surface area (Å²) in [4.78, 5) is 17.9. The van der Waals surface area contributed by atoms with Gasteiger partial charge in [-0.05, 0) is 85.7 Å². The summed E-state index contributed by atoms with van der Waals surface area (Å²) < 4.78 is 5.47. The van der Waals surface area contributed by atoms with E-state index in [1.165, 1.54) is 17.5 Å². The summed E-state index contributed by atoms with van der Waals surface area (Å²) in [6.07, 6.45) is 6.60. The highest BCUT2D eigenvalue weighted by Crippen LogP contribution is 2.31. The fourth-order valence-corrected chi connectivity index (χ4v) is 5.67. The molecule has 2 aromatic carbocycles. The number of aromatic nitrogens is 4. The molecule has 1 fully saturated rings. The van der Waals surface area contributed by atoms with Crippen LogP contribution in [0.3, 0.4) is 0 Å². The molecule has 5 rings (SSSR count). The zero-order chi connectivity index (χ0) is 24.2. The molecular weight excluding hydrogens is 440 g/mol. The minimum absolute atomic E-state index is 0.101. The Balaban J connectivity index is 1.21. The van der Waals surface area contributed by atoms with Crippen LogP contribution in [0.4, 0.5) is 0 Å². The van der Waals surface area contributed by atoms with Gasteiger partial charge in [-0.15, -0.1) is 10.2 Å². The minimum Gasteiger partial charge on any atom is -0.497 e. The predicted molar refractivity (Wildman–Crippen MR) is 134 cm³/mol. The van der Waals surface area contributed by atoms with Crippen LogP contribution in [-0.2, 0) is 12.8 Å². The fraction of sp³-hybridized carbons (Fsp3) is 0.481. The number of aromatic amines is 1. The fourth-order valence-electron chi connectivity index (χ4n) is 5.67. The molecule has 3 aromatic rings. The first-order valence-corrected chi connectivity index (χ1v) is 12.7. The third-order valence-electron chi connectivity index (χ3n) is 7.52. The van der Waals surface area contributed by atoms with Gasteiger partial charge < -0.3 is 9.64 Å². The predicted octanol–water partition coefficient (Wildman–Crippen LogP) is 3.75. The molecule has 0 spiro atoms. The molecule has 0 radical (unpaired) electrons. The van der Waals surface area contributed by atoms with Crippen molar-refractivity contribution in [2.75, 3.05) is 26.7 Å². The van der Waals surface area contributed by atoms with Gasteiger partial charge in [0.15, 0.2) is 0 Å². The summed E-state index contributed by atoms with van der Waals surface area (Å²) in [6.45, 7) is 4.98. The second-order valence-electron chi connectivity index (χ2n) is 9.61. The molecule has 184 valence electrons. The van der Waals surface area contributed by atoms with E-state index in [9.17, 15) is 4.79 Å². The molecule has 35 heavy (non-hydrogen) atoms. The molecule has 1 atom stereocenters. The Hall–Kier alpha value is -3.26. The Labute approximate surface area is 206 Å². The topological polar surface area (TPSA) is 87.2 Å². The highest BCUT2D eigenvalue weighted by atomic mass is 16.5. The summed E-state index contributed by atoms with van der Waals surface area (Å²) in [5.41, 5.74) is 4.44. The van der Waals surface area contributed by atoms with Gasteiger partial charge in [-0.25, -0.2) is 0 Å². The number of fused-ring (bicyclic) bond motifs is 1. The lowest BCUT2D eigenvalue weighted by atomic mass is 9.85. The number of tetrazole rings is 1. The van der Waals surface area contributed by atoms with E-state index in [1.54, 1.807) is 7.11 Å². The number of nitrogens with one attached hydrogen (secondary N) is 1. The third kappa shape index (κ3) is 5.07. The second kappa shape index (κ2) is 10.6. The first-order valence-electron chi connectivity index (χ1n) is 12.7. The third-order valence-corrected chi connectivity index (χ3v) is 7.52. The van der Waals surface area contributed by atoms with E-state index in [0.717, 1.165) is 63.1 Å². The van der Waals surface area contributed by atoms with Crippen LogP contribution in [0.2, 0.25) is 0 Å². The SMILES string of the molecule is CCCN(C1CCN(C(=O)c2ccc(-c3nn[nH]n3)cc2)CC1)C1CCc2ccc(OC)cc2C1. The van der Waals surface area contributed by atoms with Gasteiger partial charge in [0.25, 0.3) is 5.91 Å². The average molecular weight is 475 g/mol. The maximum absolute atomic E-state index is 13.1. The number of piperidine rings is 1. The van der Waals surface area contributed by atoms with Crippen molar-refractivity contribution in [2.24, 2.45) is 0 Å². The largest absolute Gasteiger partial charge is 0.497 e. The number of ether oxygens (including phenoxy) is 1. The molecule has 1 unspecified atom stereocenters. The van der Waals surface area contributed by atoms with E-state index in [0.29, 0.717) is 23.5 Å². The Morgan fingerprint density at radius 1 is 1.09 bits per heavy atom. The van der Waals surface area contributed by atoms with E-state index in [2.05, 4.69) is 50.6 Å². The molecule has 1 saturated heterocycles. The molecule has 1 N–H and O–H groups in total. The molecular formula is C27H34N6O2. The lowest BCUT2D eigenvalue weighted by molar-refractivity contribution is 0.0507. The number of hydrogen-bond donors (Lipinski definition) is 1. The van der Waals surface area contributed by atoms with Gasteiger partial charge in [-0.1, -0.05) is 25.1 Å². The highest BCUT2D eigenvalue weighted by molar-refractivity contribution is 5.94. The molecule has 1 aliphatic carbocycles. The zero-order valence-corrected chi connectivity index (χ0v) is 20.6. The quantitative estimate of drug-likeness (QED) is 0.561. The Morgan fingerprint density at radius 3 is 2.57 bits per heavy atom. The normalized spacial score (nSPS) is 18.5. The first kappa shape index (κ1) is 23.5. The monoisotopic (exact) mass is 474 g/mol. The van der Waals surface area contributed by atoms with Crippen molar-refractivity contribution in [3.8, 4) is 17.1 Å². The summed E-state index contributed by atoms with van der Waals surface area (Å²) >= 11 is 0. The molecule has 1 aliphatic heterocycles. The standard InChI is InChI=1S/C27H34N6O2/c1-3-14-33(24-10-8-19-9-11-25(35-2)18-22(19)17-24)23-12-15-32(16-13-23)27(34)21-6-4-20(5-7-21)26-28-30-31-29-26/h4-7,9,11,18,23-24H,3,8,10,12-17H2,1-2H3,(H,28,29,30,31). The average Bonchev–Trinajstić information content (AvgIpc) is 3.46. The van der Waals surface area contributed by atoms with Gasteiger partial charge in [0, 0.05) is 36.3 Å². The van der Waals surface area contributed by atoms with Crippen molar-refractivity contribution in [3.05, 3.63) is 59.2 Å². The second-order valence-corrected chi connectivity index (χ2v) is 9.61. The summed E-state index contributed by atoms with van der Waals surface area (Å²) in [5, 5.41) is 14.0. The van der Waals surface area contributed by atoms with Crippen molar-refractivity contribution in [2.45, 2.75) is 57.5 Å². The maximum atomic E-state index is 13.1. The first-order chi connectivity index (χ1) is 17.2. The smallest absolute Gasteiger partial charge is 0.253 e. The summed E-state index contributed by atoms with van der Waals surface area (Å²) in [7, 11) is 1.74. The van der Waals surface area contributed by atoms with E-state index in [4.69, 9.17) is 4.74 Å². The molecule has 8 heteroatoms. The van der Waals surface area contributed by atoms with Gasteiger partial charge in [-0.3, -0.25) is 9.69 Å². The van der Waals surface area contributed by atoms with E-state index in [1.807, 2.05) is 29.2 Å². The van der Waals surface area contributed by atoms with E-state index in [-0.39, 0.29) is 5.91 Å². The molecule has 1 amide bonds. The molecule has 2 aliphatic rings. The van der Waals surface area contributed by atoms with Crippen LogP contribution >= 0.6 is 0 Å². The molecule has 0 saturated carbocycles. The number of rotatable bonds is 7. The molecule has 1 aromatic heterocycles. The van der Waals surface area contributed by atoms with Crippen molar-refractivity contribution < 1.29 is 9.53 Å². The number of methoxy groups -OCH3 is 1. The number of amides is 1. The Bertz CT molecular complexity index is 1120. The van der Waals surface area contributed by atoms with E-state index < -0.39 is 0 Å². The van der Waals surface area contributed by atoms with Gasteiger partial charge >= 0.3 is 0 Å². The van der Waals surface area contributed by atoms with Crippen LogP contribution in [0.25, 0.3) is 11.4 Å². The van der Waals surface area contributed by atoms with E-state index >= 15 is 0 Å². The summed E-state index contributed by atoms with van der Waals surface area (Å²) in [5.74, 6) is 1.58. The van der Waals surface area contributed by atoms with Crippen LogP contribution in [0.15, 0.2) is 42.5 Å². The van der Waals surface area contributed by atoms with Gasteiger partial charge in [-0.2, -0.15) is 5.21 Å². The summed E-state index contributed by atoms with van der Waals surface area (Å²) in [6, 6.07) is 15.1. The molecule has 8 nitrogen and oxygen atoms in total. The van der Waals surface area contributed by atoms with Crippen molar-refractivity contribution >= 4 is 5.91 Å². The number of aryl methyl sites for hydroxylation is 1. The number of H-pyrrole nitrogens is 1. The van der Waals surface area contributed by atoms with Crippen LogP contribution in [0.1, 0.15) is 54.1 Å². The van der Waals surface area contributed by atoms with Crippen molar-refractivity contribution in [3.63, 3.8) is 0 Å². The van der Waals surface area contributed by atoms with Crippen LogP contribution in [0, 0.1) is 0 Å². The van der Waals surface area contributed by atoms with Gasteiger partial charge in [0.2, 0.25) is 5.82 Å². The van der Waals surface area contributed by atoms with Crippen LogP contribution in [0.5, 0.6) is 5.75 Å². The van der Waals surface area contributed by atoms with Crippen molar-refractivity contribution in [1.29, 1.82) is 0 Å². The Morgan fingerprint density at radius 2 is 1.89 bits per heavy atom. The van der Waals surface area contributed by atoms with Crippen LogP contribution < -0.4 is 4.74 Å². The number of carbonyl (C=O) groups is 1. The number of carbonyl (C=O) groups excluding carboxylic acids is 1.